The van der Waals surface area contributed by atoms with E-state index in [1.54, 1.807) is 18.3 Å². The molecular weight excluding hydrogens is 228 g/mol. The fourth-order valence-corrected chi connectivity index (χ4v) is 1.38. The van der Waals surface area contributed by atoms with E-state index in [0.717, 1.165) is 0 Å². The first kappa shape index (κ1) is 14.4. The monoisotopic (exact) mass is 250 g/mol. The van der Waals surface area contributed by atoms with Gasteiger partial charge in [0.15, 0.2) is 0 Å². The van der Waals surface area contributed by atoms with Gasteiger partial charge in [-0.3, -0.25) is 4.79 Å². The van der Waals surface area contributed by atoms with Crippen molar-refractivity contribution in [3.8, 4) is 0 Å². The zero-order valence-electron chi connectivity index (χ0n) is 11.4. The number of nitrogens with one attached hydrogen (secondary N) is 2. The summed E-state index contributed by atoms with van der Waals surface area (Å²) in [6.07, 6.45) is 1.66. The molecule has 1 heterocycles. The van der Waals surface area contributed by atoms with Gasteiger partial charge in [-0.25, -0.2) is 4.98 Å². The van der Waals surface area contributed by atoms with Gasteiger partial charge in [0.2, 0.25) is 0 Å². The number of nitrogens with two attached hydrogens (primary N) is 1. The summed E-state index contributed by atoms with van der Waals surface area (Å²) in [6.45, 7) is 8.15. The van der Waals surface area contributed by atoms with Crippen LogP contribution in [0.1, 0.15) is 38.1 Å². The molecule has 0 atom stereocenters. The summed E-state index contributed by atoms with van der Waals surface area (Å²) < 4.78 is 0. The third-order valence-corrected chi connectivity index (χ3v) is 2.18. The number of aromatic nitrogens is 1. The van der Waals surface area contributed by atoms with Crippen LogP contribution in [0.15, 0.2) is 18.3 Å². The maximum atomic E-state index is 12.0. The summed E-state index contributed by atoms with van der Waals surface area (Å²) in [7, 11) is 0. The molecule has 1 amide bonds. The first-order valence-corrected chi connectivity index (χ1v) is 6.08. The van der Waals surface area contributed by atoms with Gasteiger partial charge in [0, 0.05) is 24.3 Å². The second kappa shape index (κ2) is 5.82. The van der Waals surface area contributed by atoms with Gasteiger partial charge in [0.25, 0.3) is 5.91 Å². The lowest BCUT2D eigenvalue weighted by Crippen LogP contribution is -2.45. The molecule has 0 saturated carbocycles. The molecule has 1 rings (SSSR count). The van der Waals surface area contributed by atoms with Gasteiger partial charge in [0.1, 0.15) is 5.82 Å². The zero-order valence-corrected chi connectivity index (χ0v) is 11.4. The Morgan fingerprint density at radius 1 is 1.50 bits per heavy atom. The summed E-state index contributed by atoms with van der Waals surface area (Å²) in [5.74, 6) is 0.435. The van der Waals surface area contributed by atoms with E-state index in [9.17, 15) is 4.79 Å². The van der Waals surface area contributed by atoms with E-state index < -0.39 is 5.54 Å². The summed E-state index contributed by atoms with van der Waals surface area (Å²) in [5, 5.41) is 5.96. The van der Waals surface area contributed by atoms with Crippen molar-refractivity contribution in [3.63, 3.8) is 0 Å². The molecule has 5 heteroatoms. The van der Waals surface area contributed by atoms with E-state index in [4.69, 9.17) is 5.73 Å². The fraction of sp³-hybridized carbons (Fsp3) is 0.538. The minimum Gasteiger partial charge on any atom is -0.367 e. The molecule has 1 aromatic rings. The van der Waals surface area contributed by atoms with Gasteiger partial charge >= 0.3 is 0 Å². The Labute approximate surface area is 108 Å². The fourth-order valence-electron chi connectivity index (χ4n) is 1.38. The topological polar surface area (TPSA) is 80.0 Å². The van der Waals surface area contributed by atoms with E-state index in [1.165, 1.54) is 0 Å². The quantitative estimate of drug-likeness (QED) is 0.737. The molecule has 0 aliphatic carbocycles. The summed E-state index contributed by atoms with van der Waals surface area (Å²) >= 11 is 0. The molecule has 0 aliphatic heterocycles. The number of carbonyl (C=O) groups excluding carboxylic acids is 1. The van der Waals surface area contributed by atoms with E-state index >= 15 is 0 Å². The van der Waals surface area contributed by atoms with Gasteiger partial charge in [0.05, 0.1) is 5.56 Å². The number of amides is 1. The highest BCUT2D eigenvalue weighted by molar-refractivity contribution is 5.98. The third kappa shape index (κ3) is 4.71. The van der Waals surface area contributed by atoms with Crippen LogP contribution in [0.25, 0.3) is 0 Å². The maximum absolute atomic E-state index is 12.0. The van der Waals surface area contributed by atoms with Gasteiger partial charge in [-0.2, -0.15) is 0 Å². The normalized spacial score (nSPS) is 11.4. The van der Waals surface area contributed by atoms with Crippen molar-refractivity contribution >= 4 is 11.7 Å². The molecule has 1 aromatic heterocycles. The van der Waals surface area contributed by atoms with E-state index in [2.05, 4.69) is 15.6 Å². The summed E-state index contributed by atoms with van der Waals surface area (Å²) in [6, 6.07) is 3.71. The van der Waals surface area contributed by atoms with Crippen LogP contribution in [0.2, 0.25) is 0 Å². The van der Waals surface area contributed by atoms with Crippen LogP contribution >= 0.6 is 0 Å². The van der Waals surface area contributed by atoms with E-state index in [-0.39, 0.29) is 11.9 Å². The average molecular weight is 250 g/mol. The molecule has 0 aliphatic rings. The number of hydrogen-bond acceptors (Lipinski definition) is 4. The number of hydrogen-bond donors (Lipinski definition) is 3. The maximum Gasteiger partial charge on any atom is 0.255 e. The van der Waals surface area contributed by atoms with Crippen LogP contribution in [0.4, 0.5) is 5.82 Å². The van der Waals surface area contributed by atoms with Crippen molar-refractivity contribution in [1.82, 2.24) is 10.3 Å². The predicted molar refractivity (Wildman–Crippen MR) is 73.6 cm³/mol. The van der Waals surface area contributed by atoms with Gasteiger partial charge < -0.3 is 16.4 Å². The standard InChI is InChI=1S/C13H22N4O/c1-9(2)17-11-10(6-5-7-15-11)12(18)16-8-13(3,4)14/h5-7,9H,8,14H2,1-4H3,(H,15,17)(H,16,18). The summed E-state index contributed by atoms with van der Waals surface area (Å²) in [5.41, 5.74) is 5.95. The number of anilines is 1. The van der Waals surface area contributed by atoms with Crippen molar-refractivity contribution < 1.29 is 4.79 Å². The summed E-state index contributed by atoms with van der Waals surface area (Å²) in [4.78, 5) is 16.2. The highest BCUT2D eigenvalue weighted by Gasteiger charge is 2.16. The van der Waals surface area contributed by atoms with Crippen LogP contribution in [-0.2, 0) is 0 Å². The second-order valence-corrected chi connectivity index (χ2v) is 5.37. The van der Waals surface area contributed by atoms with Gasteiger partial charge in [-0.1, -0.05) is 0 Å². The zero-order chi connectivity index (χ0) is 13.8. The van der Waals surface area contributed by atoms with Crippen molar-refractivity contribution in [1.29, 1.82) is 0 Å². The SMILES string of the molecule is CC(C)Nc1ncccc1C(=O)NCC(C)(C)N. The smallest absolute Gasteiger partial charge is 0.255 e. The van der Waals surface area contributed by atoms with Crippen LogP contribution in [0, 0.1) is 0 Å². The molecule has 0 saturated heterocycles. The first-order chi connectivity index (χ1) is 8.29. The Kier molecular flexibility index (Phi) is 4.67. The molecule has 0 unspecified atom stereocenters. The Bertz CT molecular complexity index is 410. The van der Waals surface area contributed by atoms with Crippen molar-refractivity contribution in [3.05, 3.63) is 23.9 Å². The lowest BCUT2D eigenvalue weighted by molar-refractivity contribution is 0.0946. The number of pyridine rings is 1. The lowest BCUT2D eigenvalue weighted by atomic mass is 10.1. The number of rotatable bonds is 5. The Hall–Kier alpha value is -1.62. The highest BCUT2D eigenvalue weighted by Crippen LogP contribution is 2.12. The van der Waals surface area contributed by atoms with Gasteiger partial charge in [-0.15, -0.1) is 0 Å². The minimum atomic E-state index is -0.427. The molecule has 4 N–H and O–H groups in total. The molecule has 0 spiro atoms. The molecule has 0 aromatic carbocycles. The largest absolute Gasteiger partial charge is 0.367 e. The number of carbonyl (C=O) groups is 1. The van der Waals surface area contributed by atoms with E-state index in [1.807, 2.05) is 27.7 Å². The Morgan fingerprint density at radius 2 is 2.17 bits per heavy atom. The van der Waals surface area contributed by atoms with Crippen molar-refractivity contribution in [2.45, 2.75) is 39.3 Å². The molecule has 100 valence electrons. The molecule has 0 bridgehead atoms. The number of nitrogens with zero attached hydrogens (tertiary/aromatic N) is 1. The van der Waals surface area contributed by atoms with E-state index in [0.29, 0.717) is 17.9 Å². The van der Waals surface area contributed by atoms with Crippen molar-refractivity contribution in [2.24, 2.45) is 5.73 Å². The molecular formula is C13H22N4O. The predicted octanol–water partition coefficient (Wildman–Crippen LogP) is 1.37. The van der Waals surface area contributed by atoms with Crippen LogP contribution in [-0.4, -0.2) is 29.0 Å². The third-order valence-electron chi connectivity index (χ3n) is 2.18. The van der Waals surface area contributed by atoms with Crippen molar-refractivity contribution in [2.75, 3.05) is 11.9 Å². The Balaban J connectivity index is 2.79. The minimum absolute atomic E-state index is 0.162. The first-order valence-electron chi connectivity index (χ1n) is 6.08. The highest BCUT2D eigenvalue weighted by atomic mass is 16.1. The Morgan fingerprint density at radius 3 is 2.72 bits per heavy atom. The van der Waals surface area contributed by atoms with Crippen LogP contribution in [0.3, 0.4) is 0 Å². The molecule has 5 nitrogen and oxygen atoms in total. The molecule has 0 fully saturated rings. The van der Waals surface area contributed by atoms with Crippen LogP contribution in [0.5, 0.6) is 0 Å². The molecule has 18 heavy (non-hydrogen) atoms. The van der Waals surface area contributed by atoms with Crippen LogP contribution < -0.4 is 16.4 Å². The van der Waals surface area contributed by atoms with Gasteiger partial charge in [-0.05, 0) is 39.8 Å². The lowest BCUT2D eigenvalue weighted by Gasteiger charge is -2.19. The second-order valence-electron chi connectivity index (χ2n) is 5.37. The molecule has 0 radical (unpaired) electrons. The average Bonchev–Trinajstić information content (AvgIpc) is 2.25.